The van der Waals surface area contributed by atoms with Crippen LogP contribution in [-0.4, -0.2) is 28.1 Å². The molecular formula is C33H26O5P+. The van der Waals surface area contributed by atoms with Crippen molar-refractivity contribution in [3.63, 3.8) is 0 Å². The molecule has 39 heavy (non-hydrogen) atoms. The second-order valence-electron chi connectivity index (χ2n) is 8.99. The molecule has 6 heteroatoms. The molecule has 5 aromatic rings. The highest BCUT2D eigenvalue weighted by molar-refractivity contribution is 7.96. The van der Waals surface area contributed by atoms with E-state index in [-0.39, 0.29) is 23.3 Å². The number of rotatable bonds is 8. The molecule has 192 valence electrons. The van der Waals surface area contributed by atoms with Gasteiger partial charge in [-0.3, -0.25) is 4.79 Å². The Morgan fingerprint density at radius 2 is 1.00 bits per heavy atom. The maximum atomic E-state index is 14.2. The number of phenols is 2. The molecule has 0 spiro atoms. The van der Waals surface area contributed by atoms with Gasteiger partial charge in [-0.25, -0.2) is 4.79 Å². The third-order valence-electron chi connectivity index (χ3n) is 6.56. The van der Waals surface area contributed by atoms with Crippen LogP contribution in [0.5, 0.6) is 17.2 Å². The minimum Gasteiger partial charge on any atom is -0.504 e. The van der Waals surface area contributed by atoms with E-state index in [0.717, 1.165) is 22.0 Å². The van der Waals surface area contributed by atoms with Gasteiger partial charge in [-0.1, -0.05) is 72.8 Å². The number of benzene rings is 5. The Bertz CT molecular complexity index is 1490. The fourth-order valence-corrected chi connectivity index (χ4v) is 8.75. The largest absolute Gasteiger partial charge is 0.504 e. The number of hydrogen-bond acceptors (Lipinski definition) is 5. The average Bonchev–Trinajstić information content (AvgIpc) is 2.99. The lowest BCUT2D eigenvalue weighted by Gasteiger charge is -2.27. The van der Waals surface area contributed by atoms with E-state index in [0.29, 0.717) is 5.56 Å². The molecule has 5 rings (SSSR count). The monoisotopic (exact) mass is 533 g/mol. The van der Waals surface area contributed by atoms with Crippen LogP contribution in [0.1, 0.15) is 20.7 Å². The Kier molecular flexibility index (Phi) is 7.53. The molecule has 5 aromatic carbocycles. The van der Waals surface area contributed by atoms with Gasteiger partial charge in [0.25, 0.3) is 0 Å². The zero-order valence-electron chi connectivity index (χ0n) is 21.0. The van der Waals surface area contributed by atoms with Crippen molar-refractivity contribution < 1.29 is 24.5 Å². The lowest BCUT2D eigenvalue weighted by Crippen LogP contribution is -2.35. The van der Waals surface area contributed by atoms with Gasteiger partial charge in [0, 0.05) is 6.07 Å². The van der Waals surface area contributed by atoms with Crippen molar-refractivity contribution in [1.29, 1.82) is 0 Å². The van der Waals surface area contributed by atoms with E-state index >= 15 is 0 Å². The van der Waals surface area contributed by atoms with E-state index in [1.165, 1.54) is 6.07 Å². The summed E-state index contributed by atoms with van der Waals surface area (Å²) in [7, 11) is -2.55. The van der Waals surface area contributed by atoms with Crippen LogP contribution >= 0.6 is 7.26 Å². The topological polar surface area (TPSA) is 83.8 Å². The van der Waals surface area contributed by atoms with Crippen molar-refractivity contribution in [2.75, 3.05) is 6.16 Å². The summed E-state index contributed by atoms with van der Waals surface area (Å²) in [5, 5.41) is 23.6. The van der Waals surface area contributed by atoms with Crippen LogP contribution in [-0.2, 0) is 0 Å². The molecule has 0 atom stereocenters. The lowest BCUT2D eigenvalue weighted by atomic mass is 10.1. The van der Waals surface area contributed by atoms with Gasteiger partial charge >= 0.3 is 5.97 Å². The van der Waals surface area contributed by atoms with Crippen LogP contribution in [0.3, 0.4) is 0 Å². The van der Waals surface area contributed by atoms with E-state index in [1.54, 1.807) is 30.3 Å². The maximum absolute atomic E-state index is 14.2. The number of carbonyl (C=O) groups excluding carboxylic acids is 2. The molecule has 0 bridgehead atoms. The van der Waals surface area contributed by atoms with Crippen molar-refractivity contribution in [3.05, 3.63) is 145 Å². The summed E-state index contributed by atoms with van der Waals surface area (Å²) in [6, 6.07) is 40.4. The highest BCUT2D eigenvalue weighted by Gasteiger charge is 2.47. The summed E-state index contributed by atoms with van der Waals surface area (Å²) < 4.78 is 5.60. The highest BCUT2D eigenvalue weighted by Crippen LogP contribution is 2.56. The zero-order chi connectivity index (χ0) is 27.2. The number of phenolic OH excluding ortho intramolecular Hbond substituents is 2. The van der Waals surface area contributed by atoms with Crippen LogP contribution in [0.4, 0.5) is 0 Å². The van der Waals surface area contributed by atoms with Crippen LogP contribution in [0.2, 0.25) is 0 Å². The zero-order valence-corrected chi connectivity index (χ0v) is 21.9. The van der Waals surface area contributed by atoms with Gasteiger partial charge in [-0.05, 0) is 54.6 Å². The van der Waals surface area contributed by atoms with Gasteiger partial charge < -0.3 is 14.9 Å². The first kappa shape index (κ1) is 25.9. The predicted molar refractivity (Wildman–Crippen MR) is 156 cm³/mol. The highest BCUT2D eigenvalue weighted by atomic mass is 31.2. The fraction of sp³-hybridized carbons (Fsp3) is 0.0303. The second kappa shape index (κ2) is 11.3. The standard InChI is InChI=1S/C33H25O5P/c34-29-21-28(32(22-30(29)35)38-33(37)24-13-5-1-6-14-24)31(36)23-39(25-15-7-2-8-16-25,26-17-9-3-10-18-26)27-19-11-4-12-20-27/h1-22H,23H2,(H-,34,35,36)/p+1. The number of aromatic hydroxyl groups is 2. The molecule has 0 unspecified atom stereocenters. The Balaban J connectivity index is 1.64. The lowest BCUT2D eigenvalue weighted by molar-refractivity contribution is 0.0732. The first-order chi connectivity index (χ1) is 19.0. The molecule has 0 aliphatic carbocycles. The Morgan fingerprint density at radius 1 is 0.590 bits per heavy atom. The maximum Gasteiger partial charge on any atom is 0.343 e. The molecule has 0 aromatic heterocycles. The molecular weight excluding hydrogens is 507 g/mol. The van der Waals surface area contributed by atoms with Crippen LogP contribution in [0.25, 0.3) is 0 Å². The van der Waals surface area contributed by atoms with Crippen molar-refractivity contribution in [3.8, 4) is 17.2 Å². The molecule has 0 saturated heterocycles. The van der Waals surface area contributed by atoms with Crippen molar-refractivity contribution in [2.24, 2.45) is 0 Å². The van der Waals surface area contributed by atoms with Gasteiger partial charge in [-0.15, -0.1) is 0 Å². The van der Waals surface area contributed by atoms with Gasteiger partial charge in [0.05, 0.1) is 11.1 Å². The normalized spacial score (nSPS) is 11.1. The summed E-state index contributed by atoms with van der Waals surface area (Å²) in [6.45, 7) is 0. The Morgan fingerprint density at radius 3 is 1.46 bits per heavy atom. The second-order valence-corrected chi connectivity index (χ2v) is 12.5. The molecule has 0 radical (unpaired) electrons. The number of Topliss-reactive ketones (excluding diaryl/α,β-unsaturated/α-hetero) is 1. The van der Waals surface area contributed by atoms with Crippen LogP contribution < -0.4 is 20.7 Å². The fourth-order valence-electron chi connectivity index (χ4n) is 4.66. The van der Waals surface area contributed by atoms with E-state index in [1.807, 2.05) is 91.0 Å². The van der Waals surface area contributed by atoms with E-state index < -0.39 is 24.7 Å². The number of ketones is 1. The molecule has 0 aliphatic rings. The molecule has 5 nitrogen and oxygen atoms in total. The smallest absolute Gasteiger partial charge is 0.343 e. The Hall–Kier alpha value is -4.73. The van der Waals surface area contributed by atoms with Crippen molar-refractivity contribution >= 4 is 34.9 Å². The van der Waals surface area contributed by atoms with Crippen LogP contribution in [0, 0.1) is 0 Å². The van der Waals surface area contributed by atoms with E-state index in [9.17, 15) is 19.8 Å². The quantitative estimate of drug-likeness (QED) is 0.0906. The molecule has 0 saturated carbocycles. The number of carbonyl (C=O) groups is 2. The summed E-state index contributed by atoms with van der Waals surface area (Å²) in [5.41, 5.74) is 0.310. The third kappa shape index (κ3) is 5.31. The van der Waals surface area contributed by atoms with Gasteiger partial charge in [-0.2, -0.15) is 0 Å². The van der Waals surface area contributed by atoms with Gasteiger partial charge in [0.15, 0.2) is 11.5 Å². The van der Waals surface area contributed by atoms with Crippen molar-refractivity contribution in [1.82, 2.24) is 0 Å². The van der Waals surface area contributed by atoms with Crippen LogP contribution in [0.15, 0.2) is 133 Å². The first-order valence-corrected chi connectivity index (χ1v) is 14.4. The first-order valence-electron chi connectivity index (χ1n) is 12.4. The molecule has 2 N–H and O–H groups in total. The summed E-state index contributed by atoms with van der Waals surface area (Å²) >= 11 is 0. The van der Waals surface area contributed by atoms with E-state index in [4.69, 9.17) is 4.74 Å². The predicted octanol–water partition coefficient (Wildman–Crippen LogP) is 5.49. The van der Waals surface area contributed by atoms with Gasteiger partial charge in [0.2, 0.25) is 5.78 Å². The van der Waals surface area contributed by atoms with Crippen molar-refractivity contribution in [2.45, 2.75) is 0 Å². The summed E-state index contributed by atoms with van der Waals surface area (Å²) in [5.74, 6) is -2.08. The van der Waals surface area contributed by atoms with Gasteiger partial charge in [0.1, 0.15) is 35.1 Å². The molecule has 0 amide bonds. The molecule has 0 heterocycles. The molecule has 0 fully saturated rings. The third-order valence-corrected chi connectivity index (χ3v) is 10.9. The number of esters is 1. The SMILES string of the molecule is O=C(Oc1cc(O)c(O)cc1C(=O)C[P+](c1ccccc1)(c1ccccc1)c1ccccc1)c1ccccc1. The minimum atomic E-state index is -2.55. The minimum absolute atomic E-state index is 0.0155. The van der Waals surface area contributed by atoms with E-state index in [2.05, 4.69) is 0 Å². The number of ether oxygens (including phenoxy) is 1. The Labute approximate surface area is 227 Å². The number of hydrogen-bond donors (Lipinski definition) is 2. The summed E-state index contributed by atoms with van der Waals surface area (Å²) in [6.07, 6.45) is 0.0745. The average molecular weight is 534 g/mol. The molecule has 0 aliphatic heterocycles. The summed E-state index contributed by atoms with van der Waals surface area (Å²) in [4.78, 5) is 27.1.